The molecule has 3 heteroatoms. The van der Waals surface area contributed by atoms with E-state index in [1.807, 2.05) is 12.1 Å². The van der Waals surface area contributed by atoms with Crippen molar-refractivity contribution in [1.82, 2.24) is 5.32 Å². The predicted molar refractivity (Wildman–Crippen MR) is 83.2 cm³/mol. The Morgan fingerprint density at radius 2 is 2.15 bits per heavy atom. The van der Waals surface area contributed by atoms with E-state index in [0.717, 1.165) is 24.5 Å². The van der Waals surface area contributed by atoms with Crippen LogP contribution in [0.3, 0.4) is 0 Å². The Balaban J connectivity index is 1.62. The zero-order chi connectivity index (χ0) is 14.0. The third-order valence-electron chi connectivity index (χ3n) is 4.84. The summed E-state index contributed by atoms with van der Waals surface area (Å²) in [6, 6.07) is 9.07. The zero-order valence-corrected chi connectivity index (χ0v) is 13.0. The minimum atomic E-state index is 0.184. The highest BCUT2D eigenvalue weighted by Crippen LogP contribution is 2.40. The number of ether oxygens (including phenoxy) is 1. The van der Waals surface area contributed by atoms with E-state index in [1.54, 1.807) is 0 Å². The van der Waals surface area contributed by atoms with Gasteiger partial charge in [-0.3, -0.25) is 0 Å². The molecule has 1 spiro atoms. The van der Waals surface area contributed by atoms with E-state index < -0.39 is 0 Å². The highest BCUT2D eigenvalue weighted by atomic mass is 35.5. The second kappa shape index (κ2) is 6.05. The maximum atomic E-state index is 6.10. The maximum absolute atomic E-state index is 6.10. The average molecular weight is 294 g/mol. The van der Waals surface area contributed by atoms with Crippen molar-refractivity contribution in [2.75, 3.05) is 6.61 Å². The fourth-order valence-corrected chi connectivity index (χ4v) is 3.96. The highest BCUT2D eigenvalue weighted by Gasteiger charge is 2.40. The summed E-state index contributed by atoms with van der Waals surface area (Å²) in [4.78, 5) is 0. The summed E-state index contributed by atoms with van der Waals surface area (Å²) < 4.78 is 6.10. The molecule has 2 atom stereocenters. The molecule has 2 aliphatic rings. The van der Waals surface area contributed by atoms with E-state index in [4.69, 9.17) is 16.3 Å². The van der Waals surface area contributed by atoms with Gasteiger partial charge in [0.2, 0.25) is 0 Å². The molecular formula is C17H24ClNO. The monoisotopic (exact) mass is 293 g/mol. The Morgan fingerprint density at radius 1 is 1.35 bits per heavy atom. The summed E-state index contributed by atoms with van der Waals surface area (Å²) in [7, 11) is 0. The van der Waals surface area contributed by atoms with Crippen LogP contribution in [0.15, 0.2) is 24.3 Å². The Morgan fingerprint density at radius 3 is 2.90 bits per heavy atom. The van der Waals surface area contributed by atoms with Crippen LogP contribution >= 0.6 is 11.6 Å². The SMILES string of the molecule is C[C@H](NC1CCOC2(CCCC2)C1)c1cccc(Cl)c1. The van der Waals surface area contributed by atoms with Gasteiger partial charge in [-0.25, -0.2) is 0 Å². The first kappa shape index (κ1) is 14.4. The molecule has 2 nitrogen and oxygen atoms in total. The lowest BCUT2D eigenvalue weighted by Crippen LogP contribution is -2.46. The Hall–Kier alpha value is -0.570. The molecule has 0 bridgehead atoms. The van der Waals surface area contributed by atoms with Crippen molar-refractivity contribution in [2.24, 2.45) is 0 Å². The lowest BCUT2D eigenvalue weighted by molar-refractivity contribution is -0.0846. The van der Waals surface area contributed by atoms with Gasteiger partial charge in [-0.1, -0.05) is 36.6 Å². The molecule has 20 heavy (non-hydrogen) atoms. The van der Waals surface area contributed by atoms with Crippen LogP contribution in [0, 0.1) is 0 Å². The largest absolute Gasteiger partial charge is 0.375 e. The van der Waals surface area contributed by atoms with Gasteiger partial charge >= 0.3 is 0 Å². The number of hydrogen-bond acceptors (Lipinski definition) is 2. The Kier molecular flexibility index (Phi) is 4.34. The molecule has 0 amide bonds. The smallest absolute Gasteiger partial charge is 0.0697 e. The normalized spacial score (nSPS) is 26.8. The minimum Gasteiger partial charge on any atom is -0.375 e. The fourth-order valence-electron chi connectivity index (χ4n) is 3.76. The minimum absolute atomic E-state index is 0.184. The van der Waals surface area contributed by atoms with Crippen LogP contribution in [-0.4, -0.2) is 18.2 Å². The van der Waals surface area contributed by atoms with Gasteiger partial charge in [0.05, 0.1) is 5.60 Å². The quantitative estimate of drug-likeness (QED) is 0.887. The van der Waals surface area contributed by atoms with Crippen LogP contribution < -0.4 is 5.32 Å². The van der Waals surface area contributed by atoms with Gasteiger partial charge in [-0.15, -0.1) is 0 Å². The molecule has 0 aromatic heterocycles. The number of rotatable bonds is 3. The van der Waals surface area contributed by atoms with Crippen molar-refractivity contribution in [1.29, 1.82) is 0 Å². The lowest BCUT2D eigenvalue weighted by atomic mass is 9.88. The standard InChI is InChI=1S/C17H24ClNO/c1-13(14-5-4-6-15(18)11-14)19-16-7-10-20-17(12-16)8-2-3-9-17/h4-6,11,13,16,19H,2-3,7-10,12H2,1H3/t13-,16?/m0/s1. The van der Waals surface area contributed by atoms with Crippen molar-refractivity contribution in [3.8, 4) is 0 Å². The number of benzene rings is 1. The third-order valence-corrected chi connectivity index (χ3v) is 5.08. The molecule has 1 heterocycles. The molecule has 3 rings (SSSR count). The van der Waals surface area contributed by atoms with Crippen LogP contribution in [0.4, 0.5) is 0 Å². The van der Waals surface area contributed by atoms with E-state index in [2.05, 4.69) is 24.4 Å². The van der Waals surface area contributed by atoms with E-state index in [-0.39, 0.29) is 5.60 Å². The Bertz CT molecular complexity index is 456. The molecule has 1 aliphatic heterocycles. The maximum Gasteiger partial charge on any atom is 0.0697 e. The first-order chi connectivity index (χ1) is 9.67. The molecule has 1 saturated carbocycles. The van der Waals surface area contributed by atoms with Gasteiger partial charge in [0.1, 0.15) is 0 Å². The van der Waals surface area contributed by atoms with Crippen LogP contribution in [0.5, 0.6) is 0 Å². The molecule has 1 aliphatic carbocycles. The van der Waals surface area contributed by atoms with E-state index >= 15 is 0 Å². The van der Waals surface area contributed by atoms with Crippen LogP contribution in [0.1, 0.15) is 57.1 Å². The van der Waals surface area contributed by atoms with Crippen molar-refractivity contribution in [3.63, 3.8) is 0 Å². The van der Waals surface area contributed by atoms with Gasteiger partial charge in [0.25, 0.3) is 0 Å². The molecule has 1 saturated heterocycles. The van der Waals surface area contributed by atoms with Crippen molar-refractivity contribution >= 4 is 11.6 Å². The lowest BCUT2D eigenvalue weighted by Gasteiger charge is -2.39. The summed E-state index contributed by atoms with van der Waals surface area (Å²) in [6.07, 6.45) is 7.44. The summed E-state index contributed by atoms with van der Waals surface area (Å²) in [5, 5.41) is 4.59. The number of nitrogens with one attached hydrogen (secondary N) is 1. The van der Waals surface area contributed by atoms with Gasteiger partial charge in [0, 0.05) is 23.7 Å². The second-order valence-corrected chi connectivity index (χ2v) is 6.81. The molecule has 1 N–H and O–H groups in total. The molecule has 2 fully saturated rings. The molecule has 1 aromatic carbocycles. The van der Waals surface area contributed by atoms with Crippen molar-refractivity contribution < 1.29 is 4.74 Å². The molecule has 1 unspecified atom stereocenters. The van der Waals surface area contributed by atoms with Gasteiger partial charge < -0.3 is 10.1 Å². The number of hydrogen-bond donors (Lipinski definition) is 1. The second-order valence-electron chi connectivity index (χ2n) is 6.37. The predicted octanol–water partition coefficient (Wildman–Crippen LogP) is 4.48. The fraction of sp³-hybridized carbons (Fsp3) is 0.647. The van der Waals surface area contributed by atoms with Gasteiger partial charge in [-0.05, 0) is 50.3 Å². The van der Waals surface area contributed by atoms with Crippen LogP contribution in [0.25, 0.3) is 0 Å². The van der Waals surface area contributed by atoms with Crippen LogP contribution in [0.2, 0.25) is 5.02 Å². The summed E-state index contributed by atoms with van der Waals surface area (Å²) in [6.45, 7) is 3.13. The van der Waals surface area contributed by atoms with Gasteiger partial charge in [-0.2, -0.15) is 0 Å². The zero-order valence-electron chi connectivity index (χ0n) is 12.2. The molecule has 1 aromatic rings. The summed E-state index contributed by atoms with van der Waals surface area (Å²) in [5.41, 5.74) is 1.45. The average Bonchev–Trinajstić information content (AvgIpc) is 2.87. The first-order valence-electron chi connectivity index (χ1n) is 7.82. The highest BCUT2D eigenvalue weighted by molar-refractivity contribution is 6.30. The van der Waals surface area contributed by atoms with E-state index in [0.29, 0.717) is 12.1 Å². The Labute approximate surface area is 126 Å². The summed E-state index contributed by atoms with van der Waals surface area (Å²) >= 11 is 6.08. The molecule has 110 valence electrons. The first-order valence-corrected chi connectivity index (χ1v) is 8.20. The summed E-state index contributed by atoms with van der Waals surface area (Å²) in [5.74, 6) is 0. The van der Waals surface area contributed by atoms with Crippen LogP contribution in [-0.2, 0) is 4.74 Å². The van der Waals surface area contributed by atoms with Crippen molar-refractivity contribution in [2.45, 2.75) is 63.1 Å². The topological polar surface area (TPSA) is 21.3 Å². The van der Waals surface area contributed by atoms with E-state index in [1.165, 1.54) is 31.2 Å². The molecular weight excluding hydrogens is 270 g/mol. The number of halogens is 1. The van der Waals surface area contributed by atoms with E-state index in [9.17, 15) is 0 Å². The van der Waals surface area contributed by atoms with Crippen molar-refractivity contribution in [3.05, 3.63) is 34.9 Å². The molecule has 0 radical (unpaired) electrons. The third kappa shape index (κ3) is 3.19. The van der Waals surface area contributed by atoms with Gasteiger partial charge in [0.15, 0.2) is 0 Å².